The Morgan fingerprint density at radius 1 is 1.00 bits per heavy atom. The molecule has 2 N–H and O–H groups in total. The number of unbranched alkanes of at least 4 members (excludes halogenated alkanes) is 1. The Hall–Kier alpha value is -4.31. The quantitative estimate of drug-likeness (QED) is 0.0502. The molecule has 45 heavy (non-hydrogen) atoms. The molecule has 0 unspecified atom stereocenters. The third kappa shape index (κ3) is 6.03. The van der Waals surface area contributed by atoms with Gasteiger partial charge in [-0.3, -0.25) is 28.8 Å². The van der Waals surface area contributed by atoms with Crippen LogP contribution in [0, 0.1) is 16.0 Å². The zero-order chi connectivity index (χ0) is 33.1. The van der Waals surface area contributed by atoms with Crippen molar-refractivity contribution in [1.82, 2.24) is 0 Å². The topological polar surface area (TPSA) is 193 Å². The summed E-state index contributed by atoms with van der Waals surface area (Å²) in [7, 11) is -6.98. The van der Waals surface area contributed by atoms with E-state index in [1.807, 2.05) is 0 Å². The zero-order valence-electron chi connectivity index (χ0n) is 24.5. The summed E-state index contributed by atoms with van der Waals surface area (Å²) in [6.07, 6.45) is 3.45. The Morgan fingerprint density at radius 2 is 1.69 bits per heavy atom. The number of rotatable bonds is 9. The Morgan fingerprint density at radius 3 is 2.31 bits per heavy atom. The first kappa shape index (κ1) is 32.1. The molecule has 236 valence electrons. The highest BCUT2D eigenvalue weighted by Gasteiger charge is 2.47. The van der Waals surface area contributed by atoms with E-state index in [9.17, 15) is 41.1 Å². The fourth-order valence-electron chi connectivity index (χ4n) is 5.87. The molecular formula is C30H30N3O10S2+. The van der Waals surface area contributed by atoms with Gasteiger partial charge in [0, 0.05) is 53.7 Å². The molecule has 3 aromatic rings. The van der Waals surface area contributed by atoms with Gasteiger partial charge in [0.25, 0.3) is 25.9 Å². The molecule has 13 nitrogen and oxygen atoms in total. The van der Waals surface area contributed by atoms with Gasteiger partial charge in [0.15, 0.2) is 11.6 Å². The average molecular weight is 657 g/mol. The standard InChI is InChI=1S/C30H29N3O10S2/c1-30(2)24-16-21(45(41,42)43)9-11-26(24)32(12-4-5-13-44(38,39)40)27(30)17-23-28(34)22(29(23)35)15-19-7-6-18-14-20(33(36)37)8-10-25(18)31(19)3/h6-11,14-17,23H,4-5,12-13H2,1-3H3,(H-,38,39,40,41,42,43)/p+1. The molecule has 0 saturated heterocycles. The van der Waals surface area contributed by atoms with Crippen molar-refractivity contribution in [3.63, 3.8) is 0 Å². The van der Waals surface area contributed by atoms with E-state index in [0.29, 0.717) is 40.0 Å². The molecule has 0 amide bonds. The number of nitrogens with zero attached hydrogens (tertiary/aromatic N) is 3. The number of nitro groups is 1. The molecule has 2 heterocycles. The first-order chi connectivity index (χ1) is 20.9. The van der Waals surface area contributed by atoms with E-state index in [1.54, 1.807) is 48.6 Å². The number of allylic oxidation sites excluding steroid dienone is 3. The van der Waals surface area contributed by atoms with Gasteiger partial charge >= 0.3 is 0 Å². The summed E-state index contributed by atoms with van der Waals surface area (Å²) in [6.45, 7) is 3.81. The van der Waals surface area contributed by atoms with E-state index in [0.717, 1.165) is 0 Å². The number of aromatic nitrogens is 1. The van der Waals surface area contributed by atoms with Crippen molar-refractivity contribution in [1.29, 1.82) is 0 Å². The molecule has 1 fully saturated rings. The molecule has 0 bridgehead atoms. The molecule has 0 radical (unpaired) electrons. The molecule has 2 aromatic carbocycles. The van der Waals surface area contributed by atoms with E-state index in [1.165, 1.54) is 42.5 Å². The Balaban J connectivity index is 1.48. The fraction of sp³-hybridized carbons (Fsp3) is 0.300. The predicted octanol–water partition coefficient (Wildman–Crippen LogP) is 3.32. The lowest BCUT2D eigenvalue weighted by Gasteiger charge is -2.31. The van der Waals surface area contributed by atoms with Gasteiger partial charge in [0.05, 0.1) is 26.5 Å². The molecule has 15 heteroatoms. The summed E-state index contributed by atoms with van der Waals surface area (Å²) >= 11 is 0. The minimum absolute atomic E-state index is 0.0182. The van der Waals surface area contributed by atoms with E-state index in [4.69, 9.17) is 4.55 Å². The van der Waals surface area contributed by atoms with Crippen molar-refractivity contribution in [2.75, 3.05) is 17.2 Å². The number of pyridine rings is 1. The number of anilines is 1. The fourth-order valence-corrected chi connectivity index (χ4v) is 6.95. The lowest BCUT2D eigenvalue weighted by Crippen LogP contribution is -2.42. The third-order valence-corrected chi connectivity index (χ3v) is 9.97. The number of aryl methyl sites for hydroxylation is 1. The van der Waals surface area contributed by atoms with Crippen LogP contribution in [0.15, 0.2) is 70.8 Å². The maximum Gasteiger partial charge on any atom is 0.294 e. The Kier molecular flexibility index (Phi) is 8.02. The number of fused-ring (bicyclic) bond motifs is 2. The number of hydrogen-bond acceptors (Lipinski definition) is 9. The first-order valence-electron chi connectivity index (χ1n) is 13.8. The molecule has 1 saturated carbocycles. The van der Waals surface area contributed by atoms with Gasteiger partial charge in [-0.15, -0.1) is 0 Å². The van der Waals surface area contributed by atoms with E-state index < -0.39 is 53.8 Å². The summed E-state index contributed by atoms with van der Waals surface area (Å²) in [4.78, 5) is 38.8. The highest BCUT2D eigenvalue weighted by molar-refractivity contribution is 7.86. The number of ketones is 2. The van der Waals surface area contributed by atoms with Gasteiger partial charge in [-0.25, -0.2) is 0 Å². The van der Waals surface area contributed by atoms with E-state index in [2.05, 4.69) is 0 Å². The third-order valence-electron chi connectivity index (χ3n) is 8.31. The van der Waals surface area contributed by atoms with Crippen molar-refractivity contribution in [2.24, 2.45) is 13.0 Å². The largest absolute Gasteiger partial charge is 0.344 e. The van der Waals surface area contributed by atoms with Crippen LogP contribution in [-0.4, -0.2) is 54.7 Å². The molecule has 2 aliphatic rings. The zero-order valence-corrected chi connectivity index (χ0v) is 26.1. The van der Waals surface area contributed by atoms with E-state index >= 15 is 0 Å². The molecule has 0 spiro atoms. The van der Waals surface area contributed by atoms with Crippen LogP contribution in [-0.2, 0) is 42.3 Å². The van der Waals surface area contributed by atoms with Gasteiger partial charge in [0.1, 0.15) is 13.0 Å². The van der Waals surface area contributed by atoms with Gasteiger partial charge in [-0.2, -0.15) is 21.4 Å². The second kappa shape index (κ2) is 11.2. The van der Waals surface area contributed by atoms with E-state index in [-0.39, 0.29) is 29.1 Å². The smallest absolute Gasteiger partial charge is 0.294 e. The number of carbonyl (C=O) groups is 2. The average Bonchev–Trinajstić information content (AvgIpc) is 3.17. The van der Waals surface area contributed by atoms with Crippen LogP contribution >= 0.6 is 0 Å². The summed E-state index contributed by atoms with van der Waals surface area (Å²) in [6, 6.07) is 11.8. The van der Waals surface area contributed by atoms with Crippen molar-refractivity contribution in [2.45, 2.75) is 37.0 Å². The Bertz CT molecular complexity index is 2070. The number of benzene rings is 2. The van der Waals surface area contributed by atoms with Crippen molar-refractivity contribution in [3.8, 4) is 0 Å². The monoisotopic (exact) mass is 656 g/mol. The Labute approximate surface area is 259 Å². The van der Waals surface area contributed by atoms with Gasteiger partial charge in [-0.1, -0.05) is 13.8 Å². The normalized spacial score (nSPS) is 18.8. The number of non-ortho nitro benzene ring substituents is 1. The van der Waals surface area contributed by atoms with Crippen LogP contribution in [0.3, 0.4) is 0 Å². The minimum Gasteiger partial charge on any atom is -0.344 e. The molecule has 5 rings (SSSR count). The summed E-state index contributed by atoms with van der Waals surface area (Å²) in [5.74, 6) is -2.41. The molecule has 1 aliphatic heterocycles. The first-order valence-corrected chi connectivity index (χ1v) is 16.9. The highest BCUT2D eigenvalue weighted by atomic mass is 32.2. The van der Waals surface area contributed by atoms with Gasteiger partial charge in [-0.05, 0) is 48.7 Å². The van der Waals surface area contributed by atoms with Gasteiger partial charge < -0.3 is 4.90 Å². The molecular weight excluding hydrogens is 626 g/mol. The van der Waals surface area contributed by atoms with Crippen LogP contribution in [0.4, 0.5) is 11.4 Å². The molecule has 0 atom stereocenters. The number of hydrogen-bond donors (Lipinski definition) is 2. The maximum absolute atomic E-state index is 13.4. The van der Waals surface area contributed by atoms with Gasteiger partial charge in [0.2, 0.25) is 11.2 Å². The van der Waals surface area contributed by atoms with Crippen LogP contribution < -0.4 is 9.47 Å². The predicted molar refractivity (Wildman–Crippen MR) is 164 cm³/mol. The van der Waals surface area contributed by atoms with Crippen molar-refractivity contribution >= 4 is 60.2 Å². The minimum atomic E-state index is -4.52. The lowest BCUT2D eigenvalue weighted by molar-refractivity contribution is -0.646. The number of nitro benzene ring substituents is 1. The SMILES string of the molecule is C[n+]1c(C=C2C(=O)C(C=C3N(CCCCS(=O)(=O)O)c4ccc(S(=O)(=O)O)cc4C3(C)C)C2=O)ccc2cc([N+](=O)[O-])ccc21. The summed E-state index contributed by atoms with van der Waals surface area (Å²) in [5.41, 5.74) is 1.83. The highest BCUT2D eigenvalue weighted by Crippen LogP contribution is 2.49. The second-order valence-corrected chi connectivity index (χ2v) is 14.6. The maximum atomic E-state index is 13.4. The summed E-state index contributed by atoms with van der Waals surface area (Å²) in [5, 5.41) is 11.7. The van der Waals surface area contributed by atoms with Crippen LogP contribution in [0.2, 0.25) is 0 Å². The van der Waals surface area contributed by atoms with Crippen LogP contribution in [0.5, 0.6) is 0 Å². The molecule has 1 aliphatic carbocycles. The van der Waals surface area contributed by atoms with Crippen LogP contribution in [0.1, 0.15) is 37.9 Å². The van der Waals surface area contributed by atoms with Crippen molar-refractivity contribution in [3.05, 3.63) is 87.2 Å². The number of Topliss-reactive ketones (excluding diaryl/α,β-unsaturated/α-hetero) is 2. The summed E-state index contributed by atoms with van der Waals surface area (Å²) < 4.78 is 66.7. The van der Waals surface area contributed by atoms with Crippen LogP contribution in [0.25, 0.3) is 17.0 Å². The second-order valence-electron chi connectivity index (χ2n) is 11.6. The number of carbonyl (C=O) groups excluding carboxylic acids is 2. The van der Waals surface area contributed by atoms with Crippen molar-refractivity contribution < 1.29 is 45.0 Å². The molecule has 1 aromatic heterocycles. The lowest BCUT2D eigenvalue weighted by atomic mass is 9.73.